The molecule has 1 fully saturated rings. The van der Waals surface area contributed by atoms with Crippen LogP contribution in [0.2, 0.25) is 0 Å². The van der Waals surface area contributed by atoms with Gasteiger partial charge in [-0.2, -0.15) is 5.26 Å². The molecule has 0 spiro atoms. The Bertz CT molecular complexity index is 1130. The van der Waals surface area contributed by atoms with Gasteiger partial charge in [0.15, 0.2) is 9.84 Å². The number of rotatable bonds is 7. The smallest absolute Gasteiger partial charge is 0.255 e. The zero-order chi connectivity index (χ0) is 22.4. The molecule has 1 N–H and O–H groups in total. The van der Waals surface area contributed by atoms with E-state index < -0.39 is 9.84 Å². The number of nitrogens with one attached hydrogen (secondary N) is 1. The molecule has 0 aromatic heterocycles. The molecule has 1 saturated heterocycles. The Morgan fingerprint density at radius 3 is 2.68 bits per heavy atom. The van der Waals surface area contributed by atoms with Gasteiger partial charge in [0.2, 0.25) is 5.91 Å². The monoisotopic (exact) mass is 457 g/mol. The number of hydrogen-bond donors (Lipinski definition) is 1. The van der Waals surface area contributed by atoms with Crippen LogP contribution < -0.4 is 5.32 Å². The number of amides is 2. The maximum absolute atomic E-state index is 13.2. The van der Waals surface area contributed by atoms with E-state index in [1.165, 1.54) is 11.8 Å². The van der Waals surface area contributed by atoms with E-state index in [0.717, 1.165) is 0 Å². The first-order valence-corrected chi connectivity index (χ1v) is 12.7. The van der Waals surface area contributed by atoms with E-state index in [2.05, 4.69) is 5.32 Å². The van der Waals surface area contributed by atoms with Gasteiger partial charge >= 0.3 is 0 Å². The van der Waals surface area contributed by atoms with E-state index in [1.54, 1.807) is 53.4 Å². The molecule has 0 aliphatic carbocycles. The first-order chi connectivity index (χ1) is 14.8. The average molecular weight is 458 g/mol. The second-order valence-electron chi connectivity index (χ2n) is 7.17. The molecule has 0 unspecified atom stereocenters. The van der Waals surface area contributed by atoms with Crippen molar-refractivity contribution in [3.8, 4) is 6.07 Å². The summed E-state index contributed by atoms with van der Waals surface area (Å²) in [5.41, 5.74) is 1.45. The molecular formula is C22H23N3O4S2. The van der Waals surface area contributed by atoms with Crippen molar-refractivity contribution in [2.45, 2.75) is 24.3 Å². The van der Waals surface area contributed by atoms with Gasteiger partial charge in [0.1, 0.15) is 0 Å². The fourth-order valence-corrected chi connectivity index (χ4v) is 6.09. The quantitative estimate of drug-likeness (QED) is 0.641. The van der Waals surface area contributed by atoms with Gasteiger partial charge < -0.3 is 10.2 Å². The Kier molecular flexibility index (Phi) is 7.36. The van der Waals surface area contributed by atoms with Crippen LogP contribution in [0.3, 0.4) is 0 Å². The van der Waals surface area contributed by atoms with E-state index >= 15 is 0 Å². The van der Waals surface area contributed by atoms with Crippen LogP contribution in [0, 0.1) is 11.3 Å². The molecule has 1 heterocycles. The molecule has 0 saturated carbocycles. The predicted molar refractivity (Wildman–Crippen MR) is 121 cm³/mol. The number of nitriles is 1. The average Bonchev–Trinajstić information content (AvgIpc) is 3.12. The molecule has 1 aliphatic rings. The largest absolute Gasteiger partial charge is 0.335 e. The van der Waals surface area contributed by atoms with E-state index in [4.69, 9.17) is 5.26 Å². The molecule has 2 amide bonds. The standard InChI is InChI=1S/C22H23N3O4S2/c1-2-25(18-10-11-31(28,29)15-18)22(27)19-8-3-4-9-20(19)30-14-21(26)24-17-7-5-6-16(12-17)13-23/h3-9,12,18H,2,10-11,14-15H2,1H3,(H,24,26)/t18-/m0/s1. The number of benzene rings is 2. The molecule has 162 valence electrons. The topological polar surface area (TPSA) is 107 Å². The summed E-state index contributed by atoms with van der Waals surface area (Å²) in [7, 11) is -3.10. The van der Waals surface area contributed by atoms with E-state index in [-0.39, 0.29) is 35.1 Å². The predicted octanol–water partition coefficient (Wildman–Crippen LogP) is 2.94. The van der Waals surface area contributed by atoms with Crippen LogP contribution in [0.15, 0.2) is 53.4 Å². The fraction of sp³-hybridized carbons (Fsp3) is 0.318. The summed E-state index contributed by atoms with van der Waals surface area (Å²) in [4.78, 5) is 27.8. The highest BCUT2D eigenvalue weighted by Gasteiger charge is 2.34. The van der Waals surface area contributed by atoms with Crippen LogP contribution >= 0.6 is 11.8 Å². The van der Waals surface area contributed by atoms with Gasteiger partial charge in [-0.1, -0.05) is 18.2 Å². The lowest BCUT2D eigenvalue weighted by Crippen LogP contribution is -2.41. The highest BCUT2D eigenvalue weighted by Crippen LogP contribution is 2.27. The van der Waals surface area contributed by atoms with Crippen LogP contribution in [0.1, 0.15) is 29.3 Å². The second kappa shape index (κ2) is 9.98. The molecule has 2 aromatic carbocycles. The first-order valence-electron chi connectivity index (χ1n) is 9.86. The second-order valence-corrected chi connectivity index (χ2v) is 10.4. The lowest BCUT2D eigenvalue weighted by Gasteiger charge is -2.27. The van der Waals surface area contributed by atoms with Crippen molar-refractivity contribution in [2.24, 2.45) is 0 Å². The number of nitrogens with zero attached hydrogens (tertiary/aromatic N) is 2. The van der Waals surface area contributed by atoms with Gasteiger partial charge in [0.05, 0.1) is 34.5 Å². The number of thioether (sulfide) groups is 1. The van der Waals surface area contributed by atoms with Crippen LogP contribution in [-0.4, -0.2) is 55.0 Å². The number of sulfone groups is 1. The van der Waals surface area contributed by atoms with Crippen LogP contribution in [-0.2, 0) is 14.6 Å². The van der Waals surface area contributed by atoms with Gasteiger partial charge in [0.25, 0.3) is 5.91 Å². The van der Waals surface area contributed by atoms with Gasteiger partial charge in [0, 0.05) is 23.2 Å². The Morgan fingerprint density at radius 1 is 1.23 bits per heavy atom. The minimum atomic E-state index is -3.10. The minimum absolute atomic E-state index is 0.00788. The van der Waals surface area contributed by atoms with Crippen molar-refractivity contribution in [2.75, 3.05) is 29.1 Å². The Labute approximate surface area is 186 Å². The van der Waals surface area contributed by atoms with Crippen LogP contribution in [0.4, 0.5) is 5.69 Å². The molecule has 1 atom stereocenters. The summed E-state index contributed by atoms with van der Waals surface area (Å²) in [6, 6.07) is 15.4. The van der Waals surface area contributed by atoms with Crippen LogP contribution in [0.5, 0.6) is 0 Å². The third kappa shape index (κ3) is 5.87. The molecule has 2 aromatic rings. The normalized spacial score (nSPS) is 17.0. The van der Waals surface area contributed by atoms with Gasteiger partial charge in [-0.25, -0.2) is 8.42 Å². The summed E-state index contributed by atoms with van der Waals surface area (Å²) in [5.74, 6) is -0.298. The number of carbonyl (C=O) groups is 2. The van der Waals surface area contributed by atoms with E-state index in [0.29, 0.717) is 34.7 Å². The van der Waals surface area contributed by atoms with Crippen LogP contribution in [0.25, 0.3) is 0 Å². The number of anilines is 1. The first kappa shape index (κ1) is 22.8. The maximum Gasteiger partial charge on any atom is 0.255 e. The SMILES string of the molecule is CCN(C(=O)c1ccccc1SCC(=O)Nc1cccc(C#N)c1)[C@H]1CCS(=O)(=O)C1. The third-order valence-corrected chi connectivity index (χ3v) is 7.83. The van der Waals surface area contributed by atoms with Crippen molar-refractivity contribution in [1.29, 1.82) is 5.26 Å². The molecule has 7 nitrogen and oxygen atoms in total. The molecule has 1 aliphatic heterocycles. The van der Waals surface area contributed by atoms with Crippen molar-refractivity contribution < 1.29 is 18.0 Å². The van der Waals surface area contributed by atoms with E-state index in [9.17, 15) is 18.0 Å². The molecule has 3 rings (SSSR count). The van der Waals surface area contributed by atoms with Gasteiger partial charge in [-0.05, 0) is 43.7 Å². The maximum atomic E-state index is 13.2. The van der Waals surface area contributed by atoms with Crippen molar-refractivity contribution in [3.05, 3.63) is 59.7 Å². The van der Waals surface area contributed by atoms with Crippen molar-refractivity contribution >= 4 is 39.1 Å². The molecule has 0 bridgehead atoms. The third-order valence-electron chi connectivity index (χ3n) is 5.00. The zero-order valence-corrected chi connectivity index (χ0v) is 18.7. The summed E-state index contributed by atoms with van der Waals surface area (Å²) in [5, 5.41) is 11.7. The molecule has 31 heavy (non-hydrogen) atoms. The summed E-state index contributed by atoms with van der Waals surface area (Å²) >= 11 is 1.24. The van der Waals surface area contributed by atoms with Gasteiger partial charge in [-0.3, -0.25) is 9.59 Å². The zero-order valence-electron chi connectivity index (χ0n) is 17.1. The highest BCUT2D eigenvalue weighted by atomic mass is 32.2. The van der Waals surface area contributed by atoms with Crippen molar-refractivity contribution in [1.82, 2.24) is 4.90 Å². The van der Waals surface area contributed by atoms with E-state index in [1.807, 2.05) is 13.0 Å². The molecule has 9 heteroatoms. The Morgan fingerprint density at radius 2 is 2.00 bits per heavy atom. The van der Waals surface area contributed by atoms with Gasteiger partial charge in [-0.15, -0.1) is 11.8 Å². The lowest BCUT2D eigenvalue weighted by molar-refractivity contribution is -0.113. The Hall–Kier alpha value is -2.83. The van der Waals surface area contributed by atoms with Crippen molar-refractivity contribution in [3.63, 3.8) is 0 Å². The highest BCUT2D eigenvalue weighted by molar-refractivity contribution is 8.00. The molecular weight excluding hydrogens is 434 g/mol. The summed E-state index contributed by atoms with van der Waals surface area (Å²) in [6.45, 7) is 2.25. The summed E-state index contributed by atoms with van der Waals surface area (Å²) < 4.78 is 23.7. The Balaban J connectivity index is 1.69. The molecule has 0 radical (unpaired) electrons. The summed E-state index contributed by atoms with van der Waals surface area (Å²) in [6.07, 6.45) is 0.446. The fourth-order valence-electron chi connectivity index (χ4n) is 3.52. The number of hydrogen-bond acceptors (Lipinski definition) is 6. The lowest BCUT2D eigenvalue weighted by atomic mass is 10.1. The minimum Gasteiger partial charge on any atom is -0.335 e. The number of carbonyl (C=O) groups excluding carboxylic acids is 2.